The molecule has 1 atom stereocenters. The zero-order valence-electron chi connectivity index (χ0n) is 10.7. The lowest BCUT2D eigenvalue weighted by atomic mass is 10.1. The summed E-state index contributed by atoms with van der Waals surface area (Å²) in [6.07, 6.45) is -4.02. The van der Waals surface area contributed by atoms with Gasteiger partial charge in [0, 0.05) is 0 Å². The Labute approximate surface area is 123 Å². The molecule has 1 amide bonds. The van der Waals surface area contributed by atoms with E-state index in [9.17, 15) is 22.8 Å². The summed E-state index contributed by atoms with van der Waals surface area (Å²) in [4.78, 5) is 22.1. The fraction of sp³-hybridized carbons (Fsp3) is 0.385. The number of halogens is 4. The largest absolute Gasteiger partial charge is 0.471 e. The van der Waals surface area contributed by atoms with Crippen molar-refractivity contribution in [2.24, 2.45) is 0 Å². The SMILES string of the molecule is O=C(CCl)Oc1ccc2c(c1)[C@H](NC(=O)C(F)(F)F)CC2. The van der Waals surface area contributed by atoms with Gasteiger partial charge in [0.25, 0.3) is 0 Å². The Morgan fingerprint density at radius 2 is 2.10 bits per heavy atom. The van der Waals surface area contributed by atoms with Crippen molar-refractivity contribution in [3.8, 4) is 5.75 Å². The number of aryl methyl sites for hydroxylation is 1. The lowest BCUT2D eigenvalue weighted by Crippen LogP contribution is -2.38. The molecule has 0 unspecified atom stereocenters. The fourth-order valence-corrected chi connectivity index (χ4v) is 2.25. The molecule has 2 rings (SSSR count). The molecule has 114 valence electrons. The van der Waals surface area contributed by atoms with Gasteiger partial charge in [-0.15, -0.1) is 11.6 Å². The summed E-state index contributed by atoms with van der Waals surface area (Å²) in [5, 5.41) is 1.94. The van der Waals surface area contributed by atoms with Crippen LogP contribution in [0, 0.1) is 0 Å². The van der Waals surface area contributed by atoms with Gasteiger partial charge in [-0.25, -0.2) is 0 Å². The van der Waals surface area contributed by atoms with Gasteiger partial charge >= 0.3 is 18.1 Å². The van der Waals surface area contributed by atoms with E-state index in [2.05, 4.69) is 0 Å². The third-order valence-corrected chi connectivity index (χ3v) is 3.32. The second kappa shape index (κ2) is 5.93. The van der Waals surface area contributed by atoms with E-state index in [-0.39, 0.29) is 11.6 Å². The number of amides is 1. The summed E-state index contributed by atoms with van der Waals surface area (Å²) in [5.74, 6) is -2.78. The second-order valence-electron chi connectivity index (χ2n) is 4.53. The average molecular weight is 322 g/mol. The molecular weight excluding hydrogens is 311 g/mol. The monoisotopic (exact) mass is 321 g/mol. The molecule has 1 aliphatic carbocycles. The minimum Gasteiger partial charge on any atom is -0.426 e. The predicted molar refractivity (Wildman–Crippen MR) is 68.1 cm³/mol. The van der Waals surface area contributed by atoms with Crippen molar-refractivity contribution >= 4 is 23.5 Å². The van der Waals surface area contributed by atoms with E-state index in [1.54, 1.807) is 6.07 Å². The molecule has 0 spiro atoms. The first-order valence-electron chi connectivity index (χ1n) is 6.08. The number of esters is 1. The van der Waals surface area contributed by atoms with E-state index in [0.717, 1.165) is 5.56 Å². The highest BCUT2D eigenvalue weighted by atomic mass is 35.5. The Balaban J connectivity index is 2.16. The molecule has 0 radical (unpaired) electrons. The molecule has 4 nitrogen and oxygen atoms in total. The third kappa shape index (κ3) is 3.66. The number of hydrogen-bond donors (Lipinski definition) is 1. The Morgan fingerprint density at radius 3 is 2.71 bits per heavy atom. The van der Waals surface area contributed by atoms with Gasteiger partial charge < -0.3 is 10.1 Å². The molecule has 1 aromatic rings. The summed E-state index contributed by atoms with van der Waals surface area (Å²) < 4.78 is 41.7. The number of hydrogen-bond acceptors (Lipinski definition) is 3. The van der Waals surface area contributed by atoms with Crippen LogP contribution in [0.5, 0.6) is 5.75 Å². The van der Waals surface area contributed by atoms with Crippen molar-refractivity contribution in [2.75, 3.05) is 5.88 Å². The van der Waals surface area contributed by atoms with Gasteiger partial charge in [0.15, 0.2) is 0 Å². The average Bonchev–Trinajstić information content (AvgIpc) is 2.80. The molecule has 1 N–H and O–H groups in total. The molecule has 0 aromatic heterocycles. The van der Waals surface area contributed by atoms with E-state index in [4.69, 9.17) is 16.3 Å². The minimum atomic E-state index is -4.93. The molecular formula is C13H11ClF3NO3. The number of fused-ring (bicyclic) bond motifs is 1. The highest BCUT2D eigenvalue weighted by Crippen LogP contribution is 2.34. The molecule has 8 heteroatoms. The van der Waals surface area contributed by atoms with Crippen LogP contribution in [0.15, 0.2) is 18.2 Å². The highest BCUT2D eigenvalue weighted by molar-refractivity contribution is 6.26. The van der Waals surface area contributed by atoms with Gasteiger partial charge in [0.2, 0.25) is 0 Å². The normalized spacial score (nSPS) is 17.2. The van der Waals surface area contributed by atoms with E-state index >= 15 is 0 Å². The van der Waals surface area contributed by atoms with Crippen LogP contribution in [-0.4, -0.2) is 23.9 Å². The lowest BCUT2D eigenvalue weighted by Gasteiger charge is -2.16. The van der Waals surface area contributed by atoms with Crippen molar-refractivity contribution in [3.63, 3.8) is 0 Å². The number of rotatable bonds is 3. The maximum absolute atomic E-state index is 12.3. The molecule has 0 fully saturated rings. The second-order valence-corrected chi connectivity index (χ2v) is 4.80. The molecule has 0 saturated carbocycles. The standard InChI is InChI=1S/C13H11ClF3NO3/c14-6-11(19)21-8-3-1-7-2-4-10(9(7)5-8)18-12(20)13(15,16)17/h1,3,5,10H,2,4,6H2,(H,18,20)/t10-/m1/s1. The first-order valence-corrected chi connectivity index (χ1v) is 6.62. The van der Waals surface area contributed by atoms with Crippen LogP contribution in [0.4, 0.5) is 13.2 Å². The van der Waals surface area contributed by atoms with Crippen molar-refractivity contribution in [1.82, 2.24) is 5.32 Å². The Hall–Kier alpha value is -1.76. The van der Waals surface area contributed by atoms with Crippen molar-refractivity contribution in [3.05, 3.63) is 29.3 Å². The van der Waals surface area contributed by atoms with Gasteiger partial charge in [-0.05, 0) is 36.1 Å². The summed E-state index contributed by atoms with van der Waals surface area (Å²) in [6.45, 7) is 0. The van der Waals surface area contributed by atoms with Crippen LogP contribution in [0.1, 0.15) is 23.6 Å². The van der Waals surface area contributed by atoms with E-state index < -0.39 is 24.1 Å². The van der Waals surface area contributed by atoms with Crippen LogP contribution in [-0.2, 0) is 16.0 Å². The first kappa shape index (κ1) is 15.6. The highest BCUT2D eigenvalue weighted by Gasteiger charge is 2.40. The fourth-order valence-electron chi connectivity index (χ4n) is 2.19. The van der Waals surface area contributed by atoms with Gasteiger partial charge in [-0.3, -0.25) is 9.59 Å². The minimum absolute atomic E-state index is 0.188. The summed E-state index contributed by atoms with van der Waals surface area (Å²) >= 11 is 5.31. The number of carbonyl (C=O) groups is 2. The van der Waals surface area contributed by atoms with Crippen molar-refractivity contribution < 1.29 is 27.5 Å². The van der Waals surface area contributed by atoms with Gasteiger partial charge in [-0.2, -0.15) is 13.2 Å². The first-order chi connectivity index (χ1) is 9.81. The number of ether oxygens (including phenoxy) is 1. The van der Waals surface area contributed by atoms with Crippen LogP contribution >= 0.6 is 11.6 Å². The lowest BCUT2D eigenvalue weighted by molar-refractivity contribution is -0.174. The molecule has 0 bridgehead atoms. The molecule has 0 heterocycles. The van der Waals surface area contributed by atoms with Crippen LogP contribution < -0.4 is 10.1 Å². The number of nitrogens with one attached hydrogen (secondary N) is 1. The van der Waals surface area contributed by atoms with Crippen molar-refractivity contribution in [1.29, 1.82) is 0 Å². The van der Waals surface area contributed by atoms with Crippen molar-refractivity contribution in [2.45, 2.75) is 25.1 Å². The van der Waals surface area contributed by atoms with Crippen LogP contribution in [0.25, 0.3) is 0 Å². The molecule has 0 saturated heterocycles. The van der Waals surface area contributed by atoms with Gasteiger partial charge in [0.05, 0.1) is 6.04 Å². The van der Waals surface area contributed by atoms with Gasteiger partial charge in [-0.1, -0.05) is 6.07 Å². The zero-order chi connectivity index (χ0) is 15.6. The number of alkyl halides is 4. The molecule has 1 aromatic carbocycles. The van der Waals surface area contributed by atoms with E-state index in [0.29, 0.717) is 18.4 Å². The number of benzene rings is 1. The van der Waals surface area contributed by atoms with E-state index in [1.165, 1.54) is 12.1 Å². The van der Waals surface area contributed by atoms with Crippen LogP contribution in [0.3, 0.4) is 0 Å². The number of carbonyl (C=O) groups excluding carboxylic acids is 2. The zero-order valence-corrected chi connectivity index (χ0v) is 11.4. The molecule has 0 aliphatic heterocycles. The molecule has 21 heavy (non-hydrogen) atoms. The smallest absolute Gasteiger partial charge is 0.426 e. The topological polar surface area (TPSA) is 55.4 Å². The maximum atomic E-state index is 12.3. The predicted octanol–water partition coefficient (Wildman–Crippen LogP) is 2.50. The summed E-state index contributed by atoms with van der Waals surface area (Å²) in [6, 6.07) is 3.90. The maximum Gasteiger partial charge on any atom is 0.471 e. The Kier molecular flexibility index (Phi) is 4.41. The summed E-state index contributed by atoms with van der Waals surface area (Å²) in [7, 11) is 0. The van der Waals surface area contributed by atoms with E-state index in [1.807, 2.05) is 5.32 Å². The molecule has 1 aliphatic rings. The summed E-state index contributed by atoms with van der Waals surface area (Å²) in [5.41, 5.74) is 1.33. The Morgan fingerprint density at radius 1 is 1.38 bits per heavy atom. The van der Waals surface area contributed by atoms with Crippen LogP contribution in [0.2, 0.25) is 0 Å². The Bertz CT molecular complexity index is 574. The van der Waals surface area contributed by atoms with Gasteiger partial charge in [0.1, 0.15) is 11.6 Å². The quantitative estimate of drug-likeness (QED) is 0.529. The third-order valence-electron chi connectivity index (χ3n) is 3.10.